The van der Waals surface area contributed by atoms with Crippen LogP contribution in [0.15, 0.2) is 30.6 Å². The molecule has 2 aromatic rings. The van der Waals surface area contributed by atoms with Crippen LogP contribution in [0.5, 0.6) is 0 Å². The Bertz CT molecular complexity index is 488. The zero-order valence-electron chi connectivity index (χ0n) is 9.88. The summed E-state index contributed by atoms with van der Waals surface area (Å²) in [7, 11) is 1.60. The number of hydrogen-bond donors (Lipinski definition) is 1. The number of carbonyl (C=O) groups is 1. The molecule has 5 nitrogen and oxygen atoms in total. The number of pyridine rings is 1. The second-order valence-electron chi connectivity index (χ2n) is 3.92. The van der Waals surface area contributed by atoms with E-state index in [2.05, 4.69) is 10.3 Å². The minimum Gasteiger partial charge on any atom is -0.383 e. The smallest absolute Gasteiger partial charge is 0.271 e. The van der Waals surface area contributed by atoms with Crippen molar-refractivity contribution < 1.29 is 9.53 Å². The molecule has 0 unspecified atom stereocenters. The van der Waals surface area contributed by atoms with E-state index < -0.39 is 0 Å². The van der Waals surface area contributed by atoms with Gasteiger partial charge in [-0.2, -0.15) is 0 Å². The number of fused-ring (bicyclic) bond motifs is 1. The number of hydrogen-bond acceptors (Lipinski definition) is 3. The average molecular weight is 233 g/mol. The molecule has 17 heavy (non-hydrogen) atoms. The van der Waals surface area contributed by atoms with Gasteiger partial charge in [0.05, 0.1) is 6.61 Å². The Balaban J connectivity index is 2.13. The molecule has 1 amide bonds. The van der Waals surface area contributed by atoms with Gasteiger partial charge in [-0.3, -0.25) is 4.79 Å². The van der Waals surface area contributed by atoms with Crippen molar-refractivity contribution in [2.24, 2.45) is 0 Å². The topological polar surface area (TPSA) is 55.6 Å². The molecule has 90 valence electrons. The van der Waals surface area contributed by atoms with E-state index in [9.17, 15) is 4.79 Å². The van der Waals surface area contributed by atoms with Crippen molar-refractivity contribution in [1.29, 1.82) is 0 Å². The third kappa shape index (κ3) is 2.62. The highest BCUT2D eigenvalue weighted by atomic mass is 16.5. The van der Waals surface area contributed by atoms with E-state index in [0.717, 1.165) is 5.65 Å². The van der Waals surface area contributed by atoms with E-state index >= 15 is 0 Å². The number of rotatable bonds is 4. The number of carbonyl (C=O) groups excluding carboxylic acids is 1. The lowest BCUT2D eigenvalue weighted by Crippen LogP contribution is -2.35. The summed E-state index contributed by atoms with van der Waals surface area (Å²) in [5, 5.41) is 2.82. The van der Waals surface area contributed by atoms with Crippen molar-refractivity contribution in [2.45, 2.75) is 13.0 Å². The van der Waals surface area contributed by atoms with Crippen LogP contribution in [-0.4, -0.2) is 35.1 Å². The average Bonchev–Trinajstić information content (AvgIpc) is 2.72. The predicted molar refractivity (Wildman–Crippen MR) is 64.0 cm³/mol. The third-order valence-electron chi connectivity index (χ3n) is 2.39. The molecule has 0 spiro atoms. The zero-order valence-corrected chi connectivity index (χ0v) is 9.88. The summed E-state index contributed by atoms with van der Waals surface area (Å²) in [6.45, 7) is 2.37. The van der Waals surface area contributed by atoms with Crippen LogP contribution in [-0.2, 0) is 4.74 Å². The summed E-state index contributed by atoms with van der Waals surface area (Å²) in [6, 6.07) is 5.61. The highest BCUT2D eigenvalue weighted by molar-refractivity contribution is 5.93. The summed E-state index contributed by atoms with van der Waals surface area (Å²) in [5.74, 6) is -0.182. The number of nitrogens with zero attached hydrogens (tertiary/aromatic N) is 2. The summed E-state index contributed by atoms with van der Waals surface area (Å²) in [4.78, 5) is 16.1. The van der Waals surface area contributed by atoms with E-state index in [-0.39, 0.29) is 11.9 Å². The fraction of sp³-hybridized carbons (Fsp3) is 0.333. The maximum Gasteiger partial charge on any atom is 0.271 e. The molecule has 0 aliphatic carbocycles. The number of nitrogens with one attached hydrogen (secondary N) is 1. The molecular formula is C12H15N3O2. The maximum atomic E-state index is 11.9. The van der Waals surface area contributed by atoms with Gasteiger partial charge in [0, 0.05) is 25.5 Å². The lowest BCUT2D eigenvalue weighted by atomic mass is 10.3. The minimum absolute atomic E-state index is 0.0303. The van der Waals surface area contributed by atoms with Crippen LogP contribution in [0.4, 0.5) is 0 Å². The molecule has 1 atom stereocenters. The first-order chi connectivity index (χ1) is 8.20. The summed E-state index contributed by atoms with van der Waals surface area (Å²) in [5.41, 5.74) is 1.18. The Morgan fingerprint density at radius 1 is 1.59 bits per heavy atom. The molecule has 2 rings (SSSR count). The third-order valence-corrected chi connectivity index (χ3v) is 2.39. The van der Waals surface area contributed by atoms with Crippen molar-refractivity contribution in [3.8, 4) is 0 Å². The van der Waals surface area contributed by atoms with Crippen LogP contribution in [0.2, 0.25) is 0 Å². The molecule has 2 aromatic heterocycles. The Morgan fingerprint density at radius 3 is 3.12 bits per heavy atom. The number of ether oxygens (including phenoxy) is 1. The van der Waals surface area contributed by atoms with Gasteiger partial charge in [0.25, 0.3) is 5.91 Å². The Kier molecular flexibility index (Phi) is 3.39. The van der Waals surface area contributed by atoms with Gasteiger partial charge in [0.15, 0.2) is 0 Å². The number of aromatic nitrogens is 2. The molecule has 0 bridgehead atoms. The first-order valence-electron chi connectivity index (χ1n) is 5.44. The van der Waals surface area contributed by atoms with Crippen LogP contribution < -0.4 is 5.32 Å². The first kappa shape index (κ1) is 11.6. The van der Waals surface area contributed by atoms with E-state index in [1.54, 1.807) is 13.3 Å². The van der Waals surface area contributed by atoms with Gasteiger partial charge < -0.3 is 14.5 Å². The van der Waals surface area contributed by atoms with Gasteiger partial charge in [-0.05, 0) is 19.1 Å². The monoisotopic (exact) mass is 233 g/mol. The largest absolute Gasteiger partial charge is 0.383 e. The molecule has 0 aliphatic heterocycles. The van der Waals surface area contributed by atoms with Gasteiger partial charge in [0.1, 0.15) is 11.3 Å². The lowest BCUT2D eigenvalue weighted by molar-refractivity contribution is 0.0901. The molecule has 1 N–H and O–H groups in total. The minimum atomic E-state index is -0.182. The summed E-state index contributed by atoms with van der Waals surface area (Å²) < 4.78 is 6.77. The van der Waals surface area contributed by atoms with E-state index in [0.29, 0.717) is 12.3 Å². The molecule has 0 saturated carbocycles. The predicted octanol–water partition coefficient (Wildman–Crippen LogP) is 1.10. The highest BCUT2D eigenvalue weighted by Crippen LogP contribution is 2.04. The fourth-order valence-electron chi connectivity index (χ4n) is 1.63. The Labute approximate surface area is 99.4 Å². The zero-order chi connectivity index (χ0) is 12.3. The quantitative estimate of drug-likeness (QED) is 0.860. The van der Waals surface area contributed by atoms with Crippen molar-refractivity contribution in [2.75, 3.05) is 13.7 Å². The lowest BCUT2D eigenvalue weighted by Gasteiger charge is -2.10. The van der Waals surface area contributed by atoms with Crippen LogP contribution in [0.3, 0.4) is 0 Å². The van der Waals surface area contributed by atoms with Gasteiger partial charge in [-0.1, -0.05) is 6.07 Å². The number of methoxy groups -OCH3 is 1. The first-order valence-corrected chi connectivity index (χ1v) is 5.44. The van der Waals surface area contributed by atoms with Gasteiger partial charge in [-0.25, -0.2) is 4.98 Å². The van der Waals surface area contributed by atoms with Crippen LogP contribution >= 0.6 is 0 Å². The number of amides is 1. The van der Waals surface area contributed by atoms with Crippen LogP contribution in [0.1, 0.15) is 17.4 Å². The SMILES string of the molecule is COC[C@@H](C)NC(=O)c1cn2ccccc2n1. The van der Waals surface area contributed by atoms with E-state index in [4.69, 9.17) is 4.74 Å². The van der Waals surface area contributed by atoms with E-state index in [1.165, 1.54) is 0 Å². The standard InChI is InChI=1S/C12H15N3O2/c1-9(8-17-2)13-12(16)10-7-15-6-4-3-5-11(15)14-10/h3-7,9H,8H2,1-2H3,(H,13,16)/t9-/m1/s1. The second-order valence-corrected chi connectivity index (χ2v) is 3.92. The maximum absolute atomic E-state index is 11.9. The molecule has 0 saturated heterocycles. The van der Waals surface area contributed by atoms with Gasteiger partial charge in [0.2, 0.25) is 0 Å². The summed E-state index contributed by atoms with van der Waals surface area (Å²) in [6.07, 6.45) is 3.57. The van der Waals surface area contributed by atoms with Crippen LogP contribution in [0, 0.1) is 0 Å². The Hall–Kier alpha value is -1.88. The highest BCUT2D eigenvalue weighted by Gasteiger charge is 2.12. The molecule has 5 heteroatoms. The number of imidazole rings is 1. The van der Waals surface area contributed by atoms with Crippen LogP contribution in [0.25, 0.3) is 5.65 Å². The molecule has 0 fully saturated rings. The van der Waals surface area contributed by atoms with Gasteiger partial charge >= 0.3 is 0 Å². The normalized spacial score (nSPS) is 12.6. The van der Waals surface area contributed by atoms with E-state index in [1.807, 2.05) is 35.7 Å². The Morgan fingerprint density at radius 2 is 2.41 bits per heavy atom. The van der Waals surface area contributed by atoms with Crippen molar-refractivity contribution in [1.82, 2.24) is 14.7 Å². The second kappa shape index (κ2) is 4.97. The van der Waals surface area contributed by atoms with Crippen molar-refractivity contribution >= 4 is 11.6 Å². The van der Waals surface area contributed by atoms with Gasteiger partial charge in [-0.15, -0.1) is 0 Å². The van der Waals surface area contributed by atoms with Crippen molar-refractivity contribution in [3.05, 3.63) is 36.3 Å². The fourth-order valence-corrected chi connectivity index (χ4v) is 1.63. The molecule has 0 aromatic carbocycles. The van der Waals surface area contributed by atoms with Crippen molar-refractivity contribution in [3.63, 3.8) is 0 Å². The molecule has 0 aliphatic rings. The molecular weight excluding hydrogens is 218 g/mol. The molecule has 2 heterocycles. The summed E-state index contributed by atoms with van der Waals surface area (Å²) >= 11 is 0. The molecule has 0 radical (unpaired) electrons.